The van der Waals surface area contributed by atoms with Crippen LogP contribution >= 0.6 is 0 Å². The number of aliphatic hydroxyl groups excluding tert-OH is 3. The summed E-state index contributed by atoms with van der Waals surface area (Å²) in [6.07, 6.45) is 5.33. The standard InChI is InChI=1S/C24H38O5/c1-13(4-7-21(28)29)16-5-6-17-22-18(12-20(27)24(16,17)3)23(2)9-8-15(25)10-14(23)11-19(22)26/h13,15-20,25-27H,4-12H2,1-3H3,(H,28,29)/t13-,15-,16-,17+,18+,19-,20+,23+,24-/m1/s1. The molecule has 0 heterocycles. The van der Waals surface area contributed by atoms with Crippen molar-refractivity contribution in [2.24, 2.45) is 34.5 Å². The molecule has 0 aromatic rings. The van der Waals surface area contributed by atoms with Crippen LogP contribution in [0.4, 0.5) is 0 Å². The zero-order valence-corrected chi connectivity index (χ0v) is 18.1. The van der Waals surface area contributed by atoms with E-state index in [4.69, 9.17) is 5.11 Å². The Hall–Kier alpha value is -0.650. The molecule has 4 aliphatic rings. The highest BCUT2D eigenvalue weighted by molar-refractivity contribution is 5.66. The highest BCUT2D eigenvalue weighted by Crippen LogP contribution is 2.69. The van der Waals surface area contributed by atoms with E-state index in [0.717, 1.165) is 25.7 Å². The molecule has 29 heavy (non-hydrogen) atoms. The normalized spacial score (nSPS) is 49.2. The Morgan fingerprint density at radius 3 is 2.52 bits per heavy atom. The molecule has 4 aliphatic carbocycles. The zero-order valence-electron chi connectivity index (χ0n) is 18.1. The van der Waals surface area contributed by atoms with Gasteiger partial charge in [0.2, 0.25) is 0 Å². The van der Waals surface area contributed by atoms with Gasteiger partial charge in [-0.3, -0.25) is 4.79 Å². The van der Waals surface area contributed by atoms with Crippen LogP contribution in [-0.2, 0) is 4.79 Å². The topological polar surface area (TPSA) is 98.0 Å². The second-order valence-corrected chi connectivity index (χ2v) is 11.0. The maximum absolute atomic E-state index is 11.4. The van der Waals surface area contributed by atoms with Gasteiger partial charge in [-0.15, -0.1) is 0 Å². The van der Waals surface area contributed by atoms with Gasteiger partial charge in [-0.2, -0.15) is 0 Å². The first kappa shape index (κ1) is 21.6. The fourth-order valence-electron chi connectivity index (χ4n) is 7.98. The lowest BCUT2D eigenvalue weighted by atomic mass is 9.43. The molecule has 0 aliphatic heterocycles. The van der Waals surface area contributed by atoms with Crippen molar-refractivity contribution in [3.8, 4) is 0 Å². The van der Waals surface area contributed by atoms with Gasteiger partial charge in [-0.05, 0) is 86.4 Å². The van der Waals surface area contributed by atoms with E-state index in [0.29, 0.717) is 25.7 Å². The zero-order chi connectivity index (χ0) is 21.1. The summed E-state index contributed by atoms with van der Waals surface area (Å²) in [5.74, 6) is 2.72. The Morgan fingerprint density at radius 1 is 1.10 bits per heavy atom. The molecule has 5 nitrogen and oxygen atoms in total. The van der Waals surface area contributed by atoms with Crippen LogP contribution in [0.5, 0.6) is 0 Å². The van der Waals surface area contributed by atoms with E-state index in [2.05, 4.69) is 20.8 Å². The van der Waals surface area contributed by atoms with Crippen molar-refractivity contribution in [2.75, 3.05) is 0 Å². The van der Waals surface area contributed by atoms with Gasteiger partial charge in [0.1, 0.15) is 0 Å². The smallest absolute Gasteiger partial charge is 0.303 e. The number of rotatable bonds is 4. The molecular weight excluding hydrogens is 368 g/mol. The molecule has 2 radical (unpaired) electrons. The van der Waals surface area contributed by atoms with Crippen molar-refractivity contribution < 1.29 is 25.2 Å². The largest absolute Gasteiger partial charge is 0.481 e. The number of carbonyl (C=O) groups is 1. The average Bonchev–Trinajstić information content (AvgIpc) is 3.01. The van der Waals surface area contributed by atoms with Gasteiger partial charge in [-0.1, -0.05) is 20.8 Å². The average molecular weight is 407 g/mol. The van der Waals surface area contributed by atoms with Crippen LogP contribution in [-0.4, -0.2) is 44.7 Å². The van der Waals surface area contributed by atoms with Crippen LogP contribution in [0.25, 0.3) is 0 Å². The van der Waals surface area contributed by atoms with E-state index >= 15 is 0 Å². The minimum absolute atomic E-state index is 0.0247. The first-order valence-electron chi connectivity index (χ1n) is 11.6. The molecule has 4 saturated carbocycles. The van der Waals surface area contributed by atoms with Crippen LogP contribution in [0.15, 0.2) is 0 Å². The van der Waals surface area contributed by atoms with Gasteiger partial charge in [0.05, 0.1) is 18.3 Å². The number of fused-ring (bicyclic) bond motifs is 5. The van der Waals surface area contributed by atoms with Crippen LogP contribution in [0.1, 0.15) is 78.6 Å². The van der Waals surface area contributed by atoms with E-state index in [9.17, 15) is 20.1 Å². The molecule has 5 heteroatoms. The third-order valence-electron chi connectivity index (χ3n) is 9.68. The first-order valence-corrected chi connectivity index (χ1v) is 11.6. The van der Waals surface area contributed by atoms with E-state index in [1.54, 1.807) is 0 Å². The monoisotopic (exact) mass is 406 g/mol. The predicted octanol–water partition coefficient (Wildman–Crippen LogP) is 3.37. The number of aliphatic carboxylic acids is 1. The van der Waals surface area contributed by atoms with Crippen molar-refractivity contribution in [3.63, 3.8) is 0 Å². The molecule has 0 bridgehead atoms. The van der Waals surface area contributed by atoms with Gasteiger partial charge in [0.15, 0.2) is 0 Å². The Morgan fingerprint density at radius 2 is 1.83 bits per heavy atom. The minimum atomic E-state index is -0.756. The predicted molar refractivity (Wildman–Crippen MR) is 110 cm³/mol. The molecule has 0 unspecified atom stereocenters. The molecule has 9 atom stereocenters. The molecule has 4 rings (SSSR count). The number of aliphatic hydroxyl groups is 3. The summed E-state index contributed by atoms with van der Waals surface area (Å²) in [4.78, 5) is 11.1. The third kappa shape index (κ3) is 3.27. The molecule has 0 spiro atoms. The summed E-state index contributed by atoms with van der Waals surface area (Å²) < 4.78 is 0. The van der Waals surface area contributed by atoms with Gasteiger partial charge >= 0.3 is 5.97 Å². The van der Waals surface area contributed by atoms with E-state index in [1.807, 2.05) is 0 Å². The second kappa shape index (κ2) is 7.49. The fraction of sp³-hybridized carbons (Fsp3) is 0.875. The fourth-order valence-corrected chi connectivity index (χ4v) is 7.98. The number of hydrogen-bond donors (Lipinski definition) is 4. The lowest BCUT2D eigenvalue weighted by Gasteiger charge is -2.63. The Bertz CT molecular complexity index is 637. The van der Waals surface area contributed by atoms with Crippen molar-refractivity contribution >= 4 is 5.97 Å². The molecule has 0 saturated heterocycles. The van der Waals surface area contributed by atoms with Crippen molar-refractivity contribution in [3.05, 3.63) is 11.8 Å². The minimum Gasteiger partial charge on any atom is -0.481 e. The van der Waals surface area contributed by atoms with E-state index in [1.165, 1.54) is 11.8 Å². The van der Waals surface area contributed by atoms with Crippen LogP contribution in [0.3, 0.4) is 0 Å². The highest BCUT2D eigenvalue weighted by Gasteiger charge is 2.66. The number of carboxylic acid groups (broad SMARTS) is 1. The van der Waals surface area contributed by atoms with Crippen LogP contribution in [0.2, 0.25) is 0 Å². The molecule has 0 aromatic carbocycles. The molecule has 164 valence electrons. The SMILES string of the molecule is C[C@H](CCC(=O)O)[C@H]1CC[C@H]2[C]3[C@H](O)C[C]4C[C@H](O)CC[C@]4(C)[C@H]3C[C@H](O)[C@]12C. The molecule has 0 amide bonds. The summed E-state index contributed by atoms with van der Waals surface area (Å²) >= 11 is 0. The summed E-state index contributed by atoms with van der Waals surface area (Å²) in [5, 5.41) is 41.9. The Kier molecular flexibility index (Phi) is 5.57. The summed E-state index contributed by atoms with van der Waals surface area (Å²) in [7, 11) is 0. The second-order valence-electron chi connectivity index (χ2n) is 11.0. The molecule has 0 aromatic heterocycles. The summed E-state index contributed by atoms with van der Waals surface area (Å²) in [5.41, 5.74) is -0.310. The van der Waals surface area contributed by atoms with Gasteiger partial charge in [0, 0.05) is 17.8 Å². The lowest BCUT2D eigenvalue weighted by Crippen LogP contribution is -2.61. The van der Waals surface area contributed by atoms with Crippen LogP contribution in [0, 0.1) is 46.3 Å². The molecular formula is C24H38O5. The Balaban J connectivity index is 1.61. The van der Waals surface area contributed by atoms with Crippen molar-refractivity contribution in [2.45, 2.75) is 96.9 Å². The number of hydrogen-bond acceptors (Lipinski definition) is 4. The van der Waals surface area contributed by atoms with Crippen LogP contribution < -0.4 is 0 Å². The number of carboxylic acids is 1. The Labute approximate surface area is 174 Å². The quantitative estimate of drug-likeness (QED) is 0.574. The van der Waals surface area contributed by atoms with Gasteiger partial charge < -0.3 is 20.4 Å². The van der Waals surface area contributed by atoms with E-state index < -0.39 is 18.2 Å². The third-order valence-corrected chi connectivity index (χ3v) is 9.68. The lowest BCUT2D eigenvalue weighted by molar-refractivity contribution is -0.138. The van der Waals surface area contributed by atoms with E-state index in [-0.39, 0.29) is 47.0 Å². The van der Waals surface area contributed by atoms with Crippen molar-refractivity contribution in [1.82, 2.24) is 0 Å². The maximum Gasteiger partial charge on any atom is 0.303 e. The summed E-state index contributed by atoms with van der Waals surface area (Å²) in [6, 6.07) is 0. The van der Waals surface area contributed by atoms with Gasteiger partial charge in [0.25, 0.3) is 0 Å². The van der Waals surface area contributed by atoms with Crippen molar-refractivity contribution in [1.29, 1.82) is 0 Å². The molecule has 4 N–H and O–H groups in total. The highest BCUT2D eigenvalue weighted by atomic mass is 16.4. The first-order chi connectivity index (χ1) is 13.6. The maximum atomic E-state index is 11.4. The summed E-state index contributed by atoms with van der Waals surface area (Å²) in [6.45, 7) is 6.62. The van der Waals surface area contributed by atoms with Gasteiger partial charge in [-0.25, -0.2) is 0 Å². The molecule has 4 fully saturated rings.